The molecule has 3 unspecified atom stereocenters. The molecule has 39 heavy (non-hydrogen) atoms. The van der Waals surface area contributed by atoms with Gasteiger partial charge in [0.15, 0.2) is 0 Å². The summed E-state index contributed by atoms with van der Waals surface area (Å²) in [5.41, 5.74) is 1.68. The van der Waals surface area contributed by atoms with Gasteiger partial charge in [0, 0.05) is 63.1 Å². The first-order chi connectivity index (χ1) is 18.7. The lowest BCUT2D eigenvalue weighted by molar-refractivity contribution is -0.144. The van der Waals surface area contributed by atoms with Gasteiger partial charge in [-0.15, -0.1) is 0 Å². The average Bonchev–Trinajstić information content (AvgIpc) is 3.58. The molecular formula is C30H45N3O6. The quantitative estimate of drug-likeness (QED) is 0.394. The number of likely N-dealkylation sites (tertiary alicyclic amines) is 2. The lowest BCUT2D eigenvalue weighted by atomic mass is 9.83. The number of carboxylic acids is 1. The van der Waals surface area contributed by atoms with Gasteiger partial charge in [0.05, 0.1) is 19.1 Å². The number of aliphatic hydroxyl groups excluding tert-OH is 1. The fourth-order valence-electron chi connectivity index (χ4n) is 6.43. The Hall–Kier alpha value is -2.65. The van der Waals surface area contributed by atoms with Gasteiger partial charge in [-0.05, 0) is 42.9 Å². The molecule has 0 spiro atoms. The highest BCUT2D eigenvalue weighted by Gasteiger charge is 2.48. The van der Waals surface area contributed by atoms with E-state index in [1.165, 1.54) is 0 Å². The van der Waals surface area contributed by atoms with Crippen LogP contribution in [-0.4, -0.2) is 101 Å². The van der Waals surface area contributed by atoms with Gasteiger partial charge in [0.1, 0.15) is 5.75 Å². The van der Waals surface area contributed by atoms with Gasteiger partial charge in [0.25, 0.3) is 0 Å². The third-order valence-electron chi connectivity index (χ3n) is 8.80. The molecule has 1 aromatic carbocycles. The maximum Gasteiger partial charge on any atom is 0.308 e. The van der Waals surface area contributed by atoms with E-state index in [9.17, 15) is 24.6 Å². The molecule has 0 saturated carbocycles. The van der Waals surface area contributed by atoms with E-state index in [2.05, 4.69) is 13.0 Å². The highest BCUT2D eigenvalue weighted by Crippen LogP contribution is 2.41. The van der Waals surface area contributed by atoms with Crippen LogP contribution in [0.2, 0.25) is 0 Å². The Kier molecular flexibility index (Phi) is 9.54. The highest BCUT2D eigenvalue weighted by atomic mass is 16.5. The lowest BCUT2D eigenvalue weighted by Gasteiger charge is -2.31. The molecule has 3 atom stereocenters. The SMILES string of the molecule is CCCCN(CCCO)C(=O)CN1CC(c2ccc3c(c2)CCO3)C(C(=O)O)C1CCN1CCC(C)(C)C1=O. The second kappa shape index (κ2) is 12.7. The molecule has 3 aliphatic heterocycles. The Morgan fingerprint density at radius 2 is 1.97 bits per heavy atom. The number of carbonyl (C=O) groups is 3. The number of benzene rings is 1. The number of carbonyl (C=O) groups excluding carboxylic acids is 2. The number of aliphatic carboxylic acids is 1. The zero-order valence-corrected chi connectivity index (χ0v) is 23.7. The van der Waals surface area contributed by atoms with Crippen molar-refractivity contribution in [3.8, 4) is 5.75 Å². The molecule has 0 aromatic heterocycles. The number of carboxylic acid groups (broad SMARTS) is 1. The first-order valence-electron chi connectivity index (χ1n) is 14.6. The minimum atomic E-state index is -0.868. The lowest BCUT2D eigenvalue weighted by Crippen LogP contribution is -2.46. The van der Waals surface area contributed by atoms with Gasteiger partial charge in [-0.1, -0.05) is 39.3 Å². The van der Waals surface area contributed by atoms with Crippen molar-refractivity contribution in [1.29, 1.82) is 0 Å². The average molecular weight is 544 g/mol. The van der Waals surface area contributed by atoms with Crippen molar-refractivity contribution < 1.29 is 29.3 Å². The molecule has 1 aromatic rings. The van der Waals surface area contributed by atoms with Crippen LogP contribution >= 0.6 is 0 Å². The van der Waals surface area contributed by atoms with Gasteiger partial charge >= 0.3 is 5.97 Å². The van der Waals surface area contributed by atoms with Gasteiger partial charge in [-0.2, -0.15) is 0 Å². The molecular weight excluding hydrogens is 498 g/mol. The van der Waals surface area contributed by atoms with Crippen molar-refractivity contribution in [2.24, 2.45) is 11.3 Å². The second-order valence-corrected chi connectivity index (χ2v) is 12.0. The van der Waals surface area contributed by atoms with Crippen molar-refractivity contribution >= 4 is 17.8 Å². The molecule has 0 bridgehead atoms. The fraction of sp³-hybridized carbons (Fsp3) is 0.700. The zero-order chi connectivity index (χ0) is 28.2. The van der Waals surface area contributed by atoms with E-state index in [0.29, 0.717) is 52.2 Å². The Morgan fingerprint density at radius 1 is 1.21 bits per heavy atom. The van der Waals surface area contributed by atoms with E-state index < -0.39 is 11.9 Å². The van der Waals surface area contributed by atoms with E-state index in [1.807, 2.05) is 35.8 Å². The Balaban J connectivity index is 1.58. The van der Waals surface area contributed by atoms with Crippen LogP contribution < -0.4 is 4.74 Å². The molecule has 2 saturated heterocycles. The number of nitrogens with zero attached hydrogens (tertiary/aromatic N) is 3. The van der Waals surface area contributed by atoms with Crippen molar-refractivity contribution in [1.82, 2.24) is 14.7 Å². The number of fused-ring (bicyclic) bond motifs is 1. The van der Waals surface area contributed by atoms with E-state index in [4.69, 9.17) is 4.74 Å². The summed E-state index contributed by atoms with van der Waals surface area (Å²) in [6.45, 7) is 9.53. The van der Waals surface area contributed by atoms with Crippen LogP contribution in [0, 0.1) is 11.3 Å². The molecule has 0 aliphatic carbocycles. The summed E-state index contributed by atoms with van der Waals surface area (Å²) in [5, 5.41) is 19.8. The first-order valence-corrected chi connectivity index (χ1v) is 14.6. The van der Waals surface area contributed by atoms with Gasteiger partial charge in [0.2, 0.25) is 11.8 Å². The van der Waals surface area contributed by atoms with E-state index >= 15 is 0 Å². The van der Waals surface area contributed by atoms with Crippen molar-refractivity contribution in [2.45, 2.75) is 71.3 Å². The summed E-state index contributed by atoms with van der Waals surface area (Å²) in [7, 11) is 0. The molecule has 216 valence electrons. The van der Waals surface area contributed by atoms with Crippen LogP contribution in [0.4, 0.5) is 0 Å². The summed E-state index contributed by atoms with van der Waals surface area (Å²) in [6, 6.07) is 5.61. The van der Waals surface area contributed by atoms with Gasteiger partial charge < -0.3 is 24.7 Å². The van der Waals surface area contributed by atoms with Crippen molar-refractivity contribution in [3.63, 3.8) is 0 Å². The smallest absolute Gasteiger partial charge is 0.308 e. The summed E-state index contributed by atoms with van der Waals surface area (Å²) < 4.78 is 5.67. The minimum absolute atomic E-state index is 0.0215. The van der Waals surface area contributed by atoms with Crippen LogP contribution in [0.5, 0.6) is 5.75 Å². The summed E-state index contributed by atoms with van der Waals surface area (Å²) in [4.78, 5) is 44.9. The standard InChI is InChI=1S/C30H45N3O6/c1-4-5-12-31(13-6-16-34)26(35)20-33-19-23(21-7-8-25-22(18-21)10-17-39-25)27(28(36)37)24(33)9-14-32-15-11-30(2,3)29(32)38/h7-8,18,23-24,27,34H,4-6,9-17,19-20H2,1-3H3,(H,36,37). The molecule has 2 fully saturated rings. The molecule has 2 amide bonds. The number of hydrogen-bond acceptors (Lipinski definition) is 6. The second-order valence-electron chi connectivity index (χ2n) is 12.0. The van der Waals surface area contributed by atoms with E-state index in [1.54, 1.807) is 4.90 Å². The van der Waals surface area contributed by atoms with E-state index in [0.717, 1.165) is 42.6 Å². The molecule has 0 radical (unpaired) electrons. The summed E-state index contributed by atoms with van der Waals surface area (Å²) >= 11 is 0. The zero-order valence-electron chi connectivity index (χ0n) is 23.7. The summed E-state index contributed by atoms with van der Waals surface area (Å²) in [5.74, 6) is -0.887. The Labute approximate surface area is 232 Å². The van der Waals surface area contributed by atoms with Gasteiger partial charge in [-0.25, -0.2) is 0 Å². The number of rotatable bonds is 13. The fourth-order valence-corrected chi connectivity index (χ4v) is 6.43. The number of aliphatic hydroxyl groups is 1. The maximum absolute atomic E-state index is 13.5. The van der Waals surface area contributed by atoms with Crippen LogP contribution in [0.3, 0.4) is 0 Å². The third-order valence-corrected chi connectivity index (χ3v) is 8.80. The molecule has 9 heteroatoms. The van der Waals surface area contributed by atoms with Crippen LogP contribution in [0.25, 0.3) is 0 Å². The predicted molar refractivity (Wildman–Crippen MR) is 148 cm³/mol. The third kappa shape index (κ3) is 6.57. The number of ether oxygens (including phenoxy) is 1. The topological polar surface area (TPSA) is 111 Å². The monoisotopic (exact) mass is 543 g/mol. The predicted octanol–water partition coefficient (Wildman–Crippen LogP) is 2.75. The van der Waals surface area contributed by atoms with E-state index in [-0.39, 0.29) is 42.3 Å². The van der Waals surface area contributed by atoms with Crippen LogP contribution in [0.1, 0.15) is 69.9 Å². The minimum Gasteiger partial charge on any atom is -0.493 e. The van der Waals surface area contributed by atoms with Gasteiger partial charge in [-0.3, -0.25) is 19.3 Å². The number of hydrogen-bond donors (Lipinski definition) is 2. The van der Waals surface area contributed by atoms with Crippen LogP contribution in [-0.2, 0) is 20.8 Å². The summed E-state index contributed by atoms with van der Waals surface area (Å²) in [6.07, 6.45) is 4.46. The first kappa shape index (κ1) is 29.3. The van der Waals surface area contributed by atoms with Crippen molar-refractivity contribution in [2.75, 3.05) is 52.5 Å². The van der Waals surface area contributed by atoms with Crippen molar-refractivity contribution in [3.05, 3.63) is 29.3 Å². The molecule has 9 nitrogen and oxygen atoms in total. The maximum atomic E-state index is 13.5. The Bertz CT molecular complexity index is 1040. The highest BCUT2D eigenvalue weighted by molar-refractivity contribution is 5.84. The van der Waals surface area contributed by atoms with Crippen LogP contribution in [0.15, 0.2) is 18.2 Å². The number of unbranched alkanes of at least 4 members (excludes halogenated alkanes) is 1. The molecule has 3 heterocycles. The molecule has 4 rings (SSSR count). The number of amides is 2. The normalized spacial score (nSPS) is 24.2. The Morgan fingerprint density at radius 3 is 2.64 bits per heavy atom. The molecule has 2 N–H and O–H groups in total. The molecule has 3 aliphatic rings. The largest absolute Gasteiger partial charge is 0.493 e.